The SMILES string of the molecule is Cc1ccc(C2NC3(CCCC3)C(=O)N2C2CCC2)cc1. The van der Waals surface area contributed by atoms with E-state index in [0.29, 0.717) is 11.9 Å². The zero-order valence-corrected chi connectivity index (χ0v) is 12.8. The van der Waals surface area contributed by atoms with E-state index in [2.05, 4.69) is 41.4 Å². The summed E-state index contributed by atoms with van der Waals surface area (Å²) in [6, 6.07) is 9.12. The molecular formula is C18H24N2O. The minimum Gasteiger partial charge on any atom is -0.318 e. The Balaban J connectivity index is 1.69. The van der Waals surface area contributed by atoms with E-state index in [0.717, 1.165) is 12.8 Å². The number of aryl methyl sites for hydroxylation is 1. The van der Waals surface area contributed by atoms with Crippen LogP contribution in [0.2, 0.25) is 0 Å². The summed E-state index contributed by atoms with van der Waals surface area (Å²) in [4.78, 5) is 15.3. The number of rotatable bonds is 2. The van der Waals surface area contributed by atoms with Crippen molar-refractivity contribution in [3.8, 4) is 0 Å². The summed E-state index contributed by atoms with van der Waals surface area (Å²) in [7, 11) is 0. The molecule has 1 amide bonds. The fourth-order valence-corrected chi connectivity index (χ4v) is 4.13. The van der Waals surface area contributed by atoms with Crippen molar-refractivity contribution in [3.63, 3.8) is 0 Å². The Morgan fingerprint density at radius 1 is 1.10 bits per heavy atom. The molecule has 1 spiro atoms. The van der Waals surface area contributed by atoms with Crippen LogP contribution in [0.3, 0.4) is 0 Å². The zero-order chi connectivity index (χ0) is 14.4. The maximum Gasteiger partial charge on any atom is 0.244 e. The van der Waals surface area contributed by atoms with Gasteiger partial charge in [-0.05, 0) is 44.6 Å². The highest BCUT2D eigenvalue weighted by molar-refractivity contribution is 5.89. The minimum atomic E-state index is -0.259. The third-order valence-electron chi connectivity index (χ3n) is 5.65. The van der Waals surface area contributed by atoms with Gasteiger partial charge in [0.25, 0.3) is 0 Å². The van der Waals surface area contributed by atoms with Crippen molar-refractivity contribution < 1.29 is 4.79 Å². The molecule has 3 heteroatoms. The number of amides is 1. The largest absolute Gasteiger partial charge is 0.318 e. The Morgan fingerprint density at radius 2 is 1.76 bits per heavy atom. The van der Waals surface area contributed by atoms with Crippen LogP contribution in [-0.4, -0.2) is 22.4 Å². The molecule has 1 aromatic rings. The number of carbonyl (C=O) groups is 1. The fraction of sp³-hybridized carbons (Fsp3) is 0.611. The molecule has 0 bridgehead atoms. The lowest BCUT2D eigenvalue weighted by molar-refractivity contribution is -0.137. The summed E-state index contributed by atoms with van der Waals surface area (Å²) in [5.41, 5.74) is 2.25. The fourth-order valence-electron chi connectivity index (χ4n) is 4.13. The summed E-state index contributed by atoms with van der Waals surface area (Å²) < 4.78 is 0. The van der Waals surface area contributed by atoms with Crippen LogP contribution in [0.5, 0.6) is 0 Å². The zero-order valence-electron chi connectivity index (χ0n) is 12.8. The highest BCUT2D eigenvalue weighted by Crippen LogP contribution is 2.44. The van der Waals surface area contributed by atoms with E-state index in [4.69, 9.17) is 0 Å². The van der Waals surface area contributed by atoms with Crippen LogP contribution in [0.1, 0.15) is 62.2 Å². The summed E-state index contributed by atoms with van der Waals surface area (Å²) in [5, 5.41) is 3.73. The van der Waals surface area contributed by atoms with Crippen LogP contribution in [0.15, 0.2) is 24.3 Å². The van der Waals surface area contributed by atoms with Crippen LogP contribution in [0, 0.1) is 6.92 Å². The Labute approximate surface area is 126 Å². The Morgan fingerprint density at radius 3 is 2.33 bits per heavy atom. The third kappa shape index (κ3) is 2.02. The predicted octanol–water partition coefficient (Wildman–Crippen LogP) is 3.29. The van der Waals surface area contributed by atoms with Gasteiger partial charge >= 0.3 is 0 Å². The van der Waals surface area contributed by atoms with Crippen LogP contribution < -0.4 is 5.32 Å². The molecule has 21 heavy (non-hydrogen) atoms. The first-order valence-electron chi connectivity index (χ1n) is 8.37. The summed E-state index contributed by atoms with van der Waals surface area (Å²) >= 11 is 0. The molecule has 1 atom stereocenters. The van der Waals surface area contributed by atoms with Gasteiger partial charge in [0.1, 0.15) is 6.17 Å². The second-order valence-electron chi connectivity index (χ2n) is 7.04. The van der Waals surface area contributed by atoms with Gasteiger partial charge in [0, 0.05) is 6.04 Å². The van der Waals surface area contributed by atoms with Crippen molar-refractivity contribution in [2.24, 2.45) is 0 Å². The van der Waals surface area contributed by atoms with E-state index >= 15 is 0 Å². The summed E-state index contributed by atoms with van der Waals surface area (Å²) in [5.74, 6) is 0.371. The normalized spacial score (nSPS) is 28.3. The van der Waals surface area contributed by atoms with Crippen molar-refractivity contribution in [1.29, 1.82) is 0 Å². The predicted molar refractivity (Wildman–Crippen MR) is 82.7 cm³/mol. The van der Waals surface area contributed by atoms with Crippen LogP contribution >= 0.6 is 0 Å². The van der Waals surface area contributed by atoms with Gasteiger partial charge in [-0.3, -0.25) is 10.1 Å². The van der Waals surface area contributed by atoms with E-state index < -0.39 is 0 Å². The molecule has 1 heterocycles. The van der Waals surface area contributed by atoms with Crippen molar-refractivity contribution in [2.45, 2.75) is 69.6 Å². The summed E-state index contributed by atoms with van der Waals surface area (Å²) in [6.45, 7) is 2.11. The lowest BCUT2D eigenvalue weighted by atomic mass is 9.89. The molecule has 3 nitrogen and oxygen atoms in total. The molecular weight excluding hydrogens is 260 g/mol. The quantitative estimate of drug-likeness (QED) is 0.904. The molecule has 1 N–H and O–H groups in total. The van der Waals surface area contributed by atoms with Gasteiger partial charge in [0.05, 0.1) is 5.54 Å². The lowest BCUT2D eigenvalue weighted by Crippen LogP contribution is -2.47. The molecule has 0 radical (unpaired) electrons. The highest BCUT2D eigenvalue weighted by atomic mass is 16.2. The molecule has 1 unspecified atom stereocenters. The molecule has 112 valence electrons. The van der Waals surface area contributed by atoms with Crippen molar-refractivity contribution in [1.82, 2.24) is 10.2 Å². The average molecular weight is 284 g/mol. The Bertz CT molecular complexity index is 541. The van der Waals surface area contributed by atoms with Crippen LogP contribution in [0.4, 0.5) is 0 Å². The number of benzene rings is 1. The first-order valence-corrected chi connectivity index (χ1v) is 8.37. The van der Waals surface area contributed by atoms with E-state index in [9.17, 15) is 4.79 Å². The molecule has 3 aliphatic rings. The van der Waals surface area contributed by atoms with Crippen molar-refractivity contribution >= 4 is 5.91 Å². The maximum atomic E-state index is 13.1. The molecule has 0 aromatic heterocycles. The maximum absolute atomic E-state index is 13.1. The molecule has 1 aliphatic heterocycles. The molecule has 2 saturated carbocycles. The number of nitrogens with one attached hydrogen (secondary N) is 1. The van der Waals surface area contributed by atoms with Gasteiger partial charge in [0.2, 0.25) is 5.91 Å². The smallest absolute Gasteiger partial charge is 0.244 e. The van der Waals surface area contributed by atoms with Crippen LogP contribution in [0.25, 0.3) is 0 Å². The number of hydrogen-bond donors (Lipinski definition) is 1. The van der Waals surface area contributed by atoms with Gasteiger partial charge in [-0.2, -0.15) is 0 Å². The van der Waals surface area contributed by atoms with Gasteiger partial charge < -0.3 is 4.90 Å². The number of hydrogen-bond acceptors (Lipinski definition) is 2. The van der Waals surface area contributed by atoms with E-state index in [1.54, 1.807) is 0 Å². The minimum absolute atomic E-state index is 0.0847. The third-order valence-corrected chi connectivity index (χ3v) is 5.65. The van der Waals surface area contributed by atoms with E-state index in [1.807, 2.05) is 0 Å². The van der Waals surface area contributed by atoms with Gasteiger partial charge in [-0.1, -0.05) is 42.7 Å². The Kier molecular flexibility index (Phi) is 3.07. The van der Waals surface area contributed by atoms with Crippen molar-refractivity contribution in [3.05, 3.63) is 35.4 Å². The van der Waals surface area contributed by atoms with Gasteiger partial charge in [-0.25, -0.2) is 0 Å². The van der Waals surface area contributed by atoms with Crippen LogP contribution in [-0.2, 0) is 4.79 Å². The number of carbonyl (C=O) groups excluding carboxylic acids is 1. The van der Waals surface area contributed by atoms with Gasteiger partial charge in [-0.15, -0.1) is 0 Å². The summed E-state index contributed by atoms with van der Waals surface area (Å²) in [6.07, 6.45) is 8.08. The Hall–Kier alpha value is -1.35. The second-order valence-corrected chi connectivity index (χ2v) is 7.04. The highest BCUT2D eigenvalue weighted by Gasteiger charge is 2.54. The number of nitrogens with zero attached hydrogens (tertiary/aromatic N) is 1. The first kappa shape index (κ1) is 13.3. The van der Waals surface area contributed by atoms with E-state index in [-0.39, 0.29) is 11.7 Å². The van der Waals surface area contributed by atoms with Gasteiger partial charge in [0.15, 0.2) is 0 Å². The standard InChI is InChI=1S/C18H24N2O/c1-13-7-9-14(10-8-13)16-19-18(11-2-3-12-18)17(21)20(16)15-5-4-6-15/h7-10,15-16,19H,2-6,11-12H2,1H3. The van der Waals surface area contributed by atoms with Crippen molar-refractivity contribution in [2.75, 3.05) is 0 Å². The molecule has 1 aromatic carbocycles. The second kappa shape index (κ2) is 4.84. The molecule has 2 aliphatic carbocycles. The topological polar surface area (TPSA) is 32.3 Å². The first-order chi connectivity index (χ1) is 10.2. The molecule has 3 fully saturated rings. The average Bonchev–Trinajstić information content (AvgIpc) is 3.00. The molecule has 1 saturated heterocycles. The lowest BCUT2D eigenvalue weighted by Gasteiger charge is -2.38. The molecule has 4 rings (SSSR count). The monoisotopic (exact) mass is 284 g/mol. The van der Waals surface area contributed by atoms with E-state index in [1.165, 1.54) is 43.2 Å².